The van der Waals surface area contributed by atoms with Crippen molar-refractivity contribution in [1.29, 1.82) is 0 Å². The summed E-state index contributed by atoms with van der Waals surface area (Å²) in [5.41, 5.74) is 2.28. The van der Waals surface area contributed by atoms with E-state index in [-0.39, 0.29) is 24.0 Å². The fraction of sp³-hybridized carbons (Fsp3) is 0.480. The summed E-state index contributed by atoms with van der Waals surface area (Å²) in [6.07, 6.45) is 0.845. The van der Waals surface area contributed by atoms with Crippen molar-refractivity contribution in [2.45, 2.75) is 26.8 Å². The van der Waals surface area contributed by atoms with Gasteiger partial charge in [0.1, 0.15) is 12.4 Å². The van der Waals surface area contributed by atoms with Crippen LogP contribution in [0.1, 0.15) is 25.0 Å². The Morgan fingerprint density at radius 2 is 1.64 bits per heavy atom. The van der Waals surface area contributed by atoms with Crippen LogP contribution in [0.5, 0.6) is 17.2 Å². The van der Waals surface area contributed by atoms with E-state index in [1.165, 1.54) is 5.56 Å². The lowest BCUT2D eigenvalue weighted by Gasteiger charge is -2.16. The predicted octanol–water partition coefficient (Wildman–Crippen LogP) is 3.95. The molecule has 7 nitrogen and oxygen atoms in total. The first-order valence-electron chi connectivity index (χ1n) is 11.3. The number of aliphatic imine (C=N–C) groups is 1. The van der Waals surface area contributed by atoms with E-state index >= 15 is 0 Å². The second-order valence-corrected chi connectivity index (χ2v) is 7.51. The number of likely N-dealkylation sites (N-methyl/N-ethyl adjacent to an activating group) is 1. The SMILES string of the molecule is CCOc1ccc(CCNC(=NC)NCc2ccccc2OCCN(C)C)cc1OCC.I. The first-order valence-corrected chi connectivity index (χ1v) is 11.3. The maximum absolute atomic E-state index is 5.95. The van der Waals surface area contributed by atoms with Crippen LogP contribution >= 0.6 is 24.0 Å². The molecular formula is C25H39IN4O3. The highest BCUT2D eigenvalue weighted by Gasteiger charge is 2.08. The van der Waals surface area contributed by atoms with Gasteiger partial charge in [-0.25, -0.2) is 0 Å². The third-order valence-corrected chi connectivity index (χ3v) is 4.75. The number of ether oxygens (including phenoxy) is 3. The molecular weight excluding hydrogens is 531 g/mol. The molecule has 0 heterocycles. The van der Waals surface area contributed by atoms with E-state index in [0.717, 1.165) is 48.3 Å². The third-order valence-electron chi connectivity index (χ3n) is 4.75. The summed E-state index contributed by atoms with van der Waals surface area (Å²) < 4.78 is 17.3. The van der Waals surface area contributed by atoms with Crippen molar-refractivity contribution in [2.24, 2.45) is 4.99 Å². The number of hydrogen-bond donors (Lipinski definition) is 2. The molecule has 0 amide bonds. The Hall–Kier alpha value is -2.20. The number of halogens is 1. The van der Waals surface area contributed by atoms with Gasteiger partial charge >= 0.3 is 0 Å². The summed E-state index contributed by atoms with van der Waals surface area (Å²) in [5, 5.41) is 6.75. The van der Waals surface area contributed by atoms with Crippen LogP contribution in [-0.4, -0.2) is 64.9 Å². The van der Waals surface area contributed by atoms with Crippen molar-refractivity contribution in [3.63, 3.8) is 0 Å². The number of nitrogens with one attached hydrogen (secondary N) is 2. The van der Waals surface area contributed by atoms with E-state index in [0.29, 0.717) is 26.4 Å². The van der Waals surface area contributed by atoms with Crippen LogP contribution in [0.4, 0.5) is 0 Å². The zero-order valence-corrected chi connectivity index (χ0v) is 22.8. The van der Waals surface area contributed by atoms with Crippen molar-refractivity contribution >= 4 is 29.9 Å². The van der Waals surface area contributed by atoms with Crippen molar-refractivity contribution < 1.29 is 14.2 Å². The molecule has 0 saturated heterocycles. The molecule has 8 heteroatoms. The van der Waals surface area contributed by atoms with Gasteiger partial charge in [-0.2, -0.15) is 0 Å². The molecule has 2 aromatic rings. The van der Waals surface area contributed by atoms with Gasteiger partial charge in [0, 0.05) is 32.2 Å². The Bertz CT molecular complexity index is 846. The van der Waals surface area contributed by atoms with Crippen LogP contribution in [0.15, 0.2) is 47.5 Å². The van der Waals surface area contributed by atoms with Gasteiger partial charge in [-0.1, -0.05) is 24.3 Å². The molecule has 0 aliphatic carbocycles. The minimum absolute atomic E-state index is 0. The lowest BCUT2D eigenvalue weighted by Crippen LogP contribution is -2.38. The Balaban J connectivity index is 0.00000544. The molecule has 0 spiro atoms. The number of benzene rings is 2. The number of rotatable bonds is 13. The zero-order valence-electron chi connectivity index (χ0n) is 20.5. The topological polar surface area (TPSA) is 67.3 Å². The molecule has 0 atom stereocenters. The quantitative estimate of drug-likeness (QED) is 0.216. The molecule has 2 N–H and O–H groups in total. The first kappa shape index (κ1) is 28.8. The maximum Gasteiger partial charge on any atom is 0.191 e. The van der Waals surface area contributed by atoms with Crippen molar-refractivity contribution in [1.82, 2.24) is 15.5 Å². The smallest absolute Gasteiger partial charge is 0.191 e. The average Bonchev–Trinajstić information content (AvgIpc) is 2.78. The van der Waals surface area contributed by atoms with Gasteiger partial charge in [-0.05, 0) is 58.1 Å². The molecule has 2 rings (SSSR count). The minimum Gasteiger partial charge on any atom is -0.492 e. The maximum atomic E-state index is 5.95. The minimum atomic E-state index is 0. The van der Waals surface area contributed by atoms with Gasteiger partial charge in [0.25, 0.3) is 0 Å². The van der Waals surface area contributed by atoms with Crippen LogP contribution in [-0.2, 0) is 13.0 Å². The molecule has 0 bridgehead atoms. The number of guanidine groups is 1. The fourth-order valence-corrected chi connectivity index (χ4v) is 3.10. The monoisotopic (exact) mass is 570 g/mol. The van der Waals surface area contributed by atoms with Gasteiger partial charge in [0.15, 0.2) is 17.5 Å². The Kier molecular flexibility index (Phi) is 14.3. The van der Waals surface area contributed by atoms with Crippen LogP contribution in [0.25, 0.3) is 0 Å². The standard InChI is InChI=1S/C25H38N4O3.HI/c1-6-30-23-13-12-20(18-24(23)31-7-2)14-15-27-25(26-3)28-19-21-10-8-9-11-22(21)32-17-16-29(4)5;/h8-13,18H,6-7,14-17,19H2,1-5H3,(H2,26,27,28);1H. The highest BCUT2D eigenvalue weighted by molar-refractivity contribution is 14.0. The van der Waals surface area contributed by atoms with E-state index in [9.17, 15) is 0 Å². The lowest BCUT2D eigenvalue weighted by atomic mass is 10.1. The molecule has 0 unspecified atom stereocenters. The number of hydrogen-bond acceptors (Lipinski definition) is 5. The molecule has 0 fully saturated rings. The van der Waals surface area contributed by atoms with Crippen LogP contribution in [0.3, 0.4) is 0 Å². The van der Waals surface area contributed by atoms with Crippen molar-refractivity contribution in [3.8, 4) is 17.2 Å². The second-order valence-electron chi connectivity index (χ2n) is 7.51. The average molecular weight is 571 g/mol. The molecule has 2 aromatic carbocycles. The Labute approximate surface area is 215 Å². The highest BCUT2D eigenvalue weighted by Crippen LogP contribution is 2.28. The van der Waals surface area contributed by atoms with E-state index < -0.39 is 0 Å². The van der Waals surface area contributed by atoms with Crippen molar-refractivity contribution in [3.05, 3.63) is 53.6 Å². The summed E-state index contributed by atoms with van der Waals surface area (Å²) in [5.74, 6) is 3.23. The predicted molar refractivity (Wildman–Crippen MR) is 147 cm³/mol. The van der Waals surface area contributed by atoms with E-state index in [4.69, 9.17) is 14.2 Å². The highest BCUT2D eigenvalue weighted by atomic mass is 127. The van der Waals surface area contributed by atoms with Crippen molar-refractivity contribution in [2.75, 3.05) is 54.1 Å². The van der Waals surface area contributed by atoms with Gasteiger partial charge in [0.2, 0.25) is 0 Å². The van der Waals surface area contributed by atoms with E-state index in [2.05, 4.69) is 32.7 Å². The number of nitrogens with zero attached hydrogens (tertiary/aromatic N) is 2. The summed E-state index contributed by atoms with van der Waals surface area (Å²) in [4.78, 5) is 6.44. The van der Waals surface area contributed by atoms with Crippen LogP contribution in [0, 0.1) is 0 Å². The number of para-hydroxylation sites is 1. The summed E-state index contributed by atoms with van der Waals surface area (Å²) in [6, 6.07) is 14.2. The van der Waals surface area contributed by atoms with Crippen LogP contribution in [0.2, 0.25) is 0 Å². The molecule has 0 aliphatic heterocycles. The Morgan fingerprint density at radius 3 is 2.33 bits per heavy atom. The van der Waals surface area contributed by atoms with Crippen LogP contribution < -0.4 is 24.8 Å². The van der Waals surface area contributed by atoms with Gasteiger partial charge in [-0.15, -0.1) is 24.0 Å². The Morgan fingerprint density at radius 1 is 0.909 bits per heavy atom. The summed E-state index contributed by atoms with van der Waals surface area (Å²) >= 11 is 0. The summed E-state index contributed by atoms with van der Waals surface area (Å²) in [6.45, 7) is 8.09. The lowest BCUT2D eigenvalue weighted by molar-refractivity contribution is 0.259. The molecule has 0 saturated carbocycles. The van der Waals surface area contributed by atoms with Gasteiger partial charge in [-0.3, -0.25) is 4.99 Å². The molecule has 33 heavy (non-hydrogen) atoms. The van der Waals surface area contributed by atoms with E-state index in [1.807, 2.05) is 58.3 Å². The molecule has 0 aliphatic rings. The summed E-state index contributed by atoms with van der Waals surface area (Å²) in [7, 11) is 5.85. The molecule has 184 valence electrons. The first-order chi connectivity index (χ1) is 15.6. The largest absolute Gasteiger partial charge is 0.492 e. The van der Waals surface area contributed by atoms with Gasteiger partial charge in [0.05, 0.1) is 13.2 Å². The molecule has 0 aromatic heterocycles. The zero-order chi connectivity index (χ0) is 23.2. The fourth-order valence-electron chi connectivity index (χ4n) is 3.10. The molecule has 0 radical (unpaired) electrons. The normalized spacial score (nSPS) is 11.0. The second kappa shape index (κ2) is 16.4. The van der Waals surface area contributed by atoms with E-state index in [1.54, 1.807) is 7.05 Å². The van der Waals surface area contributed by atoms with Gasteiger partial charge < -0.3 is 29.7 Å². The third kappa shape index (κ3) is 10.5.